The Bertz CT molecular complexity index is 339. The molecule has 92 valence electrons. The van der Waals surface area contributed by atoms with Gasteiger partial charge in [-0.15, -0.1) is 11.6 Å². The van der Waals surface area contributed by atoms with Crippen molar-refractivity contribution in [1.82, 2.24) is 9.78 Å². The Hall–Kier alpha value is 0.140. The van der Waals surface area contributed by atoms with Crippen molar-refractivity contribution in [2.24, 2.45) is 5.92 Å². The standard InChI is InChI=1S/C11H18Cl2N2S/c1-4-15-10(11(13)9(3)14-15)7-16-6-8(2)5-12/h8H,4-7H2,1-3H3. The molecule has 0 aliphatic rings. The van der Waals surface area contributed by atoms with Crippen LogP contribution in [0.5, 0.6) is 0 Å². The largest absolute Gasteiger partial charge is 0.267 e. The summed E-state index contributed by atoms with van der Waals surface area (Å²) in [7, 11) is 0. The van der Waals surface area contributed by atoms with Gasteiger partial charge in [-0.05, 0) is 25.5 Å². The number of thioether (sulfide) groups is 1. The summed E-state index contributed by atoms with van der Waals surface area (Å²) in [4.78, 5) is 0. The smallest absolute Gasteiger partial charge is 0.0855 e. The number of nitrogens with zero attached hydrogens (tertiary/aromatic N) is 2. The van der Waals surface area contributed by atoms with Crippen molar-refractivity contribution in [3.63, 3.8) is 0 Å². The molecule has 0 saturated heterocycles. The molecule has 0 N–H and O–H groups in total. The molecule has 1 aromatic heterocycles. The minimum absolute atomic E-state index is 0.546. The first-order valence-corrected chi connectivity index (χ1v) is 7.52. The molecule has 0 aliphatic carbocycles. The monoisotopic (exact) mass is 280 g/mol. The van der Waals surface area contributed by atoms with Gasteiger partial charge in [0, 0.05) is 18.2 Å². The third-order valence-corrected chi connectivity index (χ3v) is 4.66. The van der Waals surface area contributed by atoms with Crippen LogP contribution in [0.3, 0.4) is 0 Å². The minimum atomic E-state index is 0.546. The van der Waals surface area contributed by atoms with Crippen molar-refractivity contribution in [1.29, 1.82) is 0 Å². The molecule has 5 heteroatoms. The van der Waals surface area contributed by atoms with Gasteiger partial charge in [-0.1, -0.05) is 18.5 Å². The van der Waals surface area contributed by atoms with Crippen molar-refractivity contribution >= 4 is 35.0 Å². The van der Waals surface area contributed by atoms with Crippen LogP contribution in [0, 0.1) is 12.8 Å². The van der Waals surface area contributed by atoms with Crippen molar-refractivity contribution < 1.29 is 0 Å². The van der Waals surface area contributed by atoms with Crippen molar-refractivity contribution in [3.8, 4) is 0 Å². The second-order valence-electron chi connectivity index (χ2n) is 3.94. The molecule has 0 aromatic carbocycles. The molecule has 0 bridgehead atoms. The predicted octanol–water partition coefficient (Wildman–Crippen LogP) is 3.97. The first-order chi connectivity index (χ1) is 7.60. The lowest BCUT2D eigenvalue weighted by atomic mass is 10.3. The van der Waals surface area contributed by atoms with Crippen LogP contribution in [0.1, 0.15) is 25.2 Å². The average molecular weight is 281 g/mol. The fraction of sp³-hybridized carbons (Fsp3) is 0.727. The normalized spacial score (nSPS) is 13.1. The summed E-state index contributed by atoms with van der Waals surface area (Å²) in [5, 5.41) is 5.20. The van der Waals surface area contributed by atoms with Gasteiger partial charge in [0.05, 0.1) is 16.4 Å². The highest BCUT2D eigenvalue weighted by Gasteiger charge is 2.12. The molecule has 1 aromatic rings. The zero-order valence-electron chi connectivity index (χ0n) is 9.96. The lowest BCUT2D eigenvalue weighted by Gasteiger charge is -2.08. The molecule has 0 amide bonds. The summed E-state index contributed by atoms with van der Waals surface area (Å²) < 4.78 is 1.98. The van der Waals surface area contributed by atoms with E-state index in [1.54, 1.807) is 0 Å². The third-order valence-electron chi connectivity index (χ3n) is 2.36. The molecule has 16 heavy (non-hydrogen) atoms. The van der Waals surface area contributed by atoms with E-state index >= 15 is 0 Å². The van der Waals surface area contributed by atoms with Crippen LogP contribution >= 0.6 is 35.0 Å². The Morgan fingerprint density at radius 3 is 2.75 bits per heavy atom. The predicted molar refractivity (Wildman–Crippen MR) is 73.7 cm³/mol. The summed E-state index contributed by atoms with van der Waals surface area (Å²) in [5.41, 5.74) is 2.05. The van der Waals surface area contributed by atoms with Gasteiger partial charge < -0.3 is 0 Å². The summed E-state index contributed by atoms with van der Waals surface area (Å²) in [6, 6.07) is 0. The Morgan fingerprint density at radius 1 is 1.50 bits per heavy atom. The van der Waals surface area contributed by atoms with Gasteiger partial charge in [0.15, 0.2) is 0 Å². The topological polar surface area (TPSA) is 17.8 Å². The zero-order valence-corrected chi connectivity index (χ0v) is 12.3. The summed E-state index contributed by atoms with van der Waals surface area (Å²) in [6.45, 7) is 7.06. The van der Waals surface area contributed by atoms with E-state index < -0.39 is 0 Å². The fourth-order valence-corrected chi connectivity index (χ4v) is 3.05. The van der Waals surface area contributed by atoms with E-state index in [0.29, 0.717) is 11.8 Å². The summed E-state index contributed by atoms with van der Waals surface area (Å²) >= 11 is 13.9. The molecule has 0 fully saturated rings. The van der Waals surface area contributed by atoms with Gasteiger partial charge in [-0.25, -0.2) is 0 Å². The van der Waals surface area contributed by atoms with Crippen LogP contribution in [0.4, 0.5) is 0 Å². The lowest BCUT2D eigenvalue weighted by Crippen LogP contribution is -2.04. The summed E-state index contributed by atoms with van der Waals surface area (Å²) in [5.74, 6) is 3.24. The van der Waals surface area contributed by atoms with Crippen LogP contribution < -0.4 is 0 Å². The first kappa shape index (κ1) is 14.2. The Morgan fingerprint density at radius 2 is 2.19 bits per heavy atom. The van der Waals surface area contributed by atoms with E-state index in [2.05, 4.69) is 18.9 Å². The second kappa shape index (κ2) is 6.77. The number of hydrogen-bond acceptors (Lipinski definition) is 2. The minimum Gasteiger partial charge on any atom is -0.267 e. The number of hydrogen-bond donors (Lipinski definition) is 0. The highest BCUT2D eigenvalue weighted by molar-refractivity contribution is 7.98. The maximum Gasteiger partial charge on any atom is 0.0855 e. The molecule has 1 rings (SSSR count). The molecule has 0 spiro atoms. The maximum absolute atomic E-state index is 6.22. The fourth-order valence-electron chi connectivity index (χ4n) is 1.41. The molecule has 0 saturated carbocycles. The molecule has 2 nitrogen and oxygen atoms in total. The van der Waals surface area contributed by atoms with Crippen LogP contribution in [-0.2, 0) is 12.3 Å². The van der Waals surface area contributed by atoms with E-state index in [1.807, 2.05) is 23.4 Å². The highest BCUT2D eigenvalue weighted by atomic mass is 35.5. The van der Waals surface area contributed by atoms with E-state index in [9.17, 15) is 0 Å². The van der Waals surface area contributed by atoms with Gasteiger partial charge in [0.1, 0.15) is 0 Å². The summed E-state index contributed by atoms with van der Waals surface area (Å²) in [6.07, 6.45) is 0. The van der Waals surface area contributed by atoms with E-state index in [1.165, 1.54) is 0 Å². The van der Waals surface area contributed by atoms with E-state index in [0.717, 1.165) is 34.5 Å². The molecule has 1 atom stereocenters. The molecule has 0 radical (unpaired) electrons. The molecule has 0 aliphatic heterocycles. The van der Waals surface area contributed by atoms with Gasteiger partial charge in [-0.2, -0.15) is 16.9 Å². The van der Waals surface area contributed by atoms with Gasteiger partial charge >= 0.3 is 0 Å². The second-order valence-corrected chi connectivity index (χ2v) is 5.65. The quantitative estimate of drug-likeness (QED) is 0.734. The Labute approximate surface area is 112 Å². The highest BCUT2D eigenvalue weighted by Crippen LogP contribution is 2.25. The number of aromatic nitrogens is 2. The zero-order chi connectivity index (χ0) is 12.1. The van der Waals surface area contributed by atoms with E-state index in [4.69, 9.17) is 23.2 Å². The Balaban J connectivity index is 2.59. The Kier molecular flexibility index (Phi) is 6.01. The van der Waals surface area contributed by atoms with Crippen LogP contribution in [0.2, 0.25) is 5.02 Å². The van der Waals surface area contributed by atoms with Crippen LogP contribution in [0.15, 0.2) is 0 Å². The van der Waals surface area contributed by atoms with Crippen LogP contribution in [0.25, 0.3) is 0 Å². The number of aryl methyl sites for hydroxylation is 2. The molecular weight excluding hydrogens is 263 g/mol. The number of alkyl halides is 1. The third kappa shape index (κ3) is 3.57. The average Bonchev–Trinajstić information content (AvgIpc) is 2.56. The van der Waals surface area contributed by atoms with Crippen LogP contribution in [-0.4, -0.2) is 21.4 Å². The molecule has 1 unspecified atom stereocenters. The SMILES string of the molecule is CCn1nc(C)c(Cl)c1CSCC(C)CCl. The number of rotatable bonds is 6. The van der Waals surface area contributed by atoms with Crippen molar-refractivity contribution in [2.45, 2.75) is 33.1 Å². The van der Waals surface area contributed by atoms with Gasteiger partial charge in [-0.3, -0.25) is 4.68 Å². The van der Waals surface area contributed by atoms with Gasteiger partial charge in [0.2, 0.25) is 0 Å². The first-order valence-electron chi connectivity index (χ1n) is 5.45. The van der Waals surface area contributed by atoms with Gasteiger partial charge in [0.25, 0.3) is 0 Å². The van der Waals surface area contributed by atoms with Crippen molar-refractivity contribution in [3.05, 3.63) is 16.4 Å². The maximum atomic E-state index is 6.22. The van der Waals surface area contributed by atoms with Crippen molar-refractivity contribution in [2.75, 3.05) is 11.6 Å². The lowest BCUT2D eigenvalue weighted by molar-refractivity contribution is 0.631. The number of halogens is 2. The molecule has 1 heterocycles. The van der Waals surface area contributed by atoms with E-state index in [-0.39, 0.29) is 0 Å². The molecular formula is C11H18Cl2N2S.